The van der Waals surface area contributed by atoms with Crippen molar-refractivity contribution in [2.24, 2.45) is 0 Å². The summed E-state index contributed by atoms with van der Waals surface area (Å²) in [5.74, 6) is 0.269. The van der Waals surface area contributed by atoms with E-state index in [0.717, 1.165) is 11.1 Å². The zero-order valence-electron chi connectivity index (χ0n) is 10.3. The summed E-state index contributed by atoms with van der Waals surface area (Å²) in [7, 11) is 0. The number of aryl methyl sites for hydroxylation is 1. The Balaban J connectivity index is 2.42. The van der Waals surface area contributed by atoms with E-state index in [-0.39, 0.29) is 11.3 Å². The fourth-order valence-electron chi connectivity index (χ4n) is 1.73. The molecule has 0 heterocycles. The second-order valence-corrected chi connectivity index (χ2v) is 4.63. The van der Waals surface area contributed by atoms with Gasteiger partial charge in [0.2, 0.25) is 0 Å². The molecule has 0 aromatic heterocycles. The van der Waals surface area contributed by atoms with Crippen molar-refractivity contribution in [1.29, 1.82) is 5.26 Å². The van der Waals surface area contributed by atoms with E-state index < -0.39 is 5.82 Å². The maximum Gasteiger partial charge on any atom is 0.148 e. The van der Waals surface area contributed by atoms with Crippen molar-refractivity contribution in [3.63, 3.8) is 0 Å². The summed E-state index contributed by atoms with van der Waals surface area (Å²) in [5, 5.41) is 9.59. The molecule has 0 N–H and O–H groups in total. The molecule has 0 saturated carbocycles. The molecule has 0 aliphatic heterocycles. The number of nitriles is 1. The van der Waals surface area contributed by atoms with Gasteiger partial charge in [0.05, 0.1) is 0 Å². The molecule has 0 atom stereocenters. The van der Waals surface area contributed by atoms with Gasteiger partial charge in [0.15, 0.2) is 0 Å². The molecular formula is C15H11BrFNO. The molecule has 96 valence electrons. The highest BCUT2D eigenvalue weighted by atomic mass is 79.9. The zero-order valence-corrected chi connectivity index (χ0v) is 11.9. The van der Waals surface area contributed by atoms with Crippen LogP contribution in [-0.2, 0) is 5.33 Å². The highest BCUT2D eigenvalue weighted by Crippen LogP contribution is 2.30. The van der Waals surface area contributed by atoms with Gasteiger partial charge in [0.1, 0.15) is 28.9 Å². The summed E-state index contributed by atoms with van der Waals surface area (Å²) in [6.45, 7) is 1.98. The fraction of sp³-hybridized carbons (Fsp3) is 0.133. The van der Waals surface area contributed by atoms with Crippen LogP contribution in [0.2, 0.25) is 0 Å². The predicted molar refractivity (Wildman–Crippen MR) is 75.0 cm³/mol. The lowest BCUT2D eigenvalue weighted by Gasteiger charge is -2.11. The van der Waals surface area contributed by atoms with Gasteiger partial charge in [-0.1, -0.05) is 39.7 Å². The van der Waals surface area contributed by atoms with Gasteiger partial charge in [0, 0.05) is 10.9 Å². The fourth-order valence-corrected chi connectivity index (χ4v) is 2.17. The van der Waals surface area contributed by atoms with Crippen LogP contribution >= 0.6 is 15.9 Å². The Bertz CT molecular complexity index is 649. The van der Waals surface area contributed by atoms with Crippen LogP contribution in [0.4, 0.5) is 4.39 Å². The van der Waals surface area contributed by atoms with E-state index >= 15 is 0 Å². The second kappa shape index (κ2) is 5.85. The van der Waals surface area contributed by atoms with Crippen LogP contribution in [-0.4, -0.2) is 0 Å². The van der Waals surface area contributed by atoms with Crippen LogP contribution < -0.4 is 4.74 Å². The number of halogens is 2. The molecule has 0 radical (unpaired) electrons. The predicted octanol–water partition coefficient (Wildman–Crippen LogP) is 4.69. The van der Waals surface area contributed by atoms with Crippen LogP contribution in [0, 0.1) is 24.1 Å². The van der Waals surface area contributed by atoms with E-state index in [9.17, 15) is 4.39 Å². The first-order valence-electron chi connectivity index (χ1n) is 5.67. The lowest BCUT2D eigenvalue weighted by Crippen LogP contribution is -1.94. The molecule has 0 amide bonds. The standard InChI is InChI=1S/C15H11BrFNO/c1-10-5-6-14(11(7-10)8-16)19-15-4-2-3-13(17)12(15)9-18/h2-7H,8H2,1H3. The molecular weight excluding hydrogens is 309 g/mol. The normalized spacial score (nSPS) is 10.0. The molecule has 2 aromatic carbocycles. The van der Waals surface area contributed by atoms with Crippen molar-refractivity contribution >= 4 is 15.9 Å². The van der Waals surface area contributed by atoms with Crippen LogP contribution in [0.25, 0.3) is 0 Å². The minimum Gasteiger partial charge on any atom is -0.456 e. The van der Waals surface area contributed by atoms with Gasteiger partial charge >= 0.3 is 0 Å². The monoisotopic (exact) mass is 319 g/mol. The van der Waals surface area contributed by atoms with Crippen LogP contribution in [0.15, 0.2) is 36.4 Å². The van der Waals surface area contributed by atoms with Gasteiger partial charge in [-0.2, -0.15) is 5.26 Å². The molecule has 2 nitrogen and oxygen atoms in total. The van der Waals surface area contributed by atoms with E-state index in [1.54, 1.807) is 6.07 Å². The smallest absolute Gasteiger partial charge is 0.148 e. The molecule has 0 spiro atoms. The van der Waals surface area contributed by atoms with Gasteiger partial charge in [0.25, 0.3) is 0 Å². The van der Waals surface area contributed by atoms with Crippen molar-refractivity contribution in [3.8, 4) is 17.6 Å². The molecule has 0 bridgehead atoms. The third-order valence-corrected chi connectivity index (χ3v) is 3.27. The van der Waals surface area contributed by atoms with Gasteiger partial charge in [-0.3, -0.25) is 0 Å². The van der Waals surface area contributed by atoms with Gasteiger partial charge < -0.3 is 4.74 Å². The maximum absolute atomic E-state index is 13.5. The van der Waals surface area contributed by atoms with Crippen molar-refractivity contribution in [2.45, 2.75) is 12.3 Å². The molecule has 0 saturated heterocycles. The van der Waals surface area contributed by atoms with E-state index in [2.05, 4.69) is 15.9 Å². The largest absolute Gasteiger partial charge is 0.456 e. The highest BCUT2D eigenvalue weighted by molar-refractivity contribution is 9.08. The van der Waals surface area contributed by atoms with Gasteiger partial charge in [-0.05, 0) is 25.1 Å². The molecule has 0 aliphatic rings. The number of nitrogens with zero attached hydrogens (tertiary/aromatic N) is 1. The SMILES string of the molecule is Cc1ccc(Oc2cccc(F)c2C#N)c(CBr)c1. The second-order valence-electron chi connectivity index (χ2n) is 4.07. The Hall–Kier alpha value is -1.86. The lowest BCUT2D eigenvalue weighted by atomic mass is 10.1. The molecule has 4 heteroatoms. The highest BCUT2D eigenvalue weighted by Gasteiger charge is 2.11. The Morgan fingerprint density at radius 3 is 2.74 bits per heavy atom. The number of rotatable bonds is 3. The first-order chi connectivity index (χ1) is 9.15. The van der Waals surface area contributed by atoms with E-state index in [4.69, 9.17) is 10.00 Å². The summed E-state index contributed by atoms with van der Waals surface area (Å²) in [4.78, 5) is 0. The zero-order chi connectivity index (χ0) is 13.8. The maximum atomic E-state index is 13.5. The Labute approximate surface area is 119 Å². The topological polar surface area (TPSA) is 33.0 Å². The summed E-state index contributed by atoms with van der Waals surface area (Å²) in [6, 6.07) is 11.9. The average Bonchev–Trinajstić information content (AvgIpc) is 2.41. The van der Waals surface area contributed by atoms with E-state index in [0.29, 0.717) is 11.1 Å². The van der Waals surface area contributed by atoms with Gasteiger partial charge in [-0.15, -0.1) is 0 Å². The van der Waals surface area contributed by atoms with Gasteiger partial charge in [-0.25, -0.2) is 4.39 Å². The van der Waals surface area contributed by atoms with E-state index in [1.807, 2.05) is 31.2 Å². The number of benzene rings is 2. The number of hydrogen-bond donors (Lipinski definition) is 0. The van der Waals surface area contributed by atoms with Crippen molar-refractivity contribution in [1.82, 2.24) is 0 Å². The molecule has 0 unspecified atom stereocenters. The minimum atomic E-state index is -0.576. The Kier molecular flexibility index (Phi) is 4.18. The lowest BCUT2D eigenvalue weighted by molar-refractivity contribution is 0.470. The summed E-state index contributed by atoms with van der Waals surface area (Å²) >= 11 is 3.39. The van der Waals surface area contributed by atoms with E-state index in [1.165, 1.54) is 12.1 Å². The summed E-state index contributed by atoms with van der Waals surface area (Å²) in [5.41, 5.74) is 1.98. The van der Waals surface area contributed by atoms with Crippen LogP contribution in [0.5, 0.6) is 11.5 Å². The number of ether oxygens (including phenoxy) is 1. The molecule has 0 fully saturated rings. The van der Waals surface area contributed by atoms with Crippen molar-refractivity contribution in [3.05, 3.63) is 58.9 Å². The quantitative estimate of drug-likeness (QED) is 0.769. The Morgan fingerprint density at radius 1 is 1.26 bits per heavy atom. The summed E-state index contributed by atoms with van der Waals surface area (Å²) < 4.78 is 19.2. The molecule has 19 heavy (non-hydrogen) atoms. The van der Waals surface area contributed by atoms with Crippen LogP contribution in [0.1, 0.15) is 16.7 Å². The van der Waals surface area contributed by atoms with Crippen molar-refractivity contribution in [2.75, 3.05) is 0 Å². The molecule has 0 aliphatic carbocycles. The van der Waals surface area contributed by atoms with Crippen LogP contribution in [0.3, 0.4) is 0 Å². The average molecular weight is 320 g/mol. The molecule has 2 aromatic rings. The Morgan fingerprint density at radius 2 is 2.05 bits per heavy atom. The minimum absolute atomic E-state index is 0.0800. The van der Waals surface area contributed by atoms with Crippen molar-refractivity contribution < 1.29 is 9.13 Å². The number of alkyl halides is 1. The molecule has 2 rings (SSSR count). The first kappa shape index (κ1) is 13.6. The third kappa shape index (κ3) is 2.94. The first-order valence-corrected chi connectivity index (χ1v) is 6.80. The number of hydrogen-bond acceptors (Lipinski definition) is 2. The third-order valence-electron chi connectivity index (χ3n) is 2.67. The summed E-state index contributed by atoms with van der Waals surface area (Å²) in [6.07, 6.45) is 0.